The van der Waals surface area contributed by atoms with Crippen molar-refractivity contribution in [1.29, 1.82) is 0 Å². The van der Waals surface area contributed by atoms with E-state index in [2.05, 4.69) is 26.7 Å². The first-order chi connectivity index (χ1) is 14.3. The molecule has 1 unspecified atom stereocenters. The molecular weight excluding hydrogens is 427 g/mol. The number of hydrogen-bond acceptors (Lipinski definition) is 4. The van der Waals surface area contributed by atoms with Gasteiger partial charge in [-0.05, 0) is 31.2 Å². The summed E-state index contributed by atoms with van der Waals surface area (Å²) in [6.07, 6.45) is 0. The van der Waals surface area contributed by atoms with E-state index < -0.39 is 16.0 Å². The summed E-state index contributed by atoms with van der Waals surface area (Å²) >= 11 is 6.02. The van der Waals surface area contributed by atoms with Gasteiger partial charge in [0, 0.05) is 68.6 Å². The molecule has 0 aromatic heterocycles. The molecule has 0 radical (unpaired) electrons. The summed E-state index contributed by atoms with van der Waals surface area (Å²) in [7, 11) is -2.35. The molecule has 1 aliphatic rings. The van der Waals surface area contributed by atoms with Gasteiger partial charge >= 0.3 is 0 Å². The predicted molar refractivity (Wildman–Crippen MR) is 119 cm³/mol. The Labute approximate surface area is 183 Å². The number of nitrogens with one attached hydrogen (secondary N) is 1. The van der Waals surface area contributed by atoms with Crippen molar-refractivity contribution in [3.63, 3.8) is 0 Å². The first-order valence-corrected chi connectivity index (χ1v) is 11.8. The number of anilines is 1. The number of benzene rings is 2. The lowest BCUT2D eigenvalue weighted by atomic mass is 10.2. The van der Waals surface area contributed by atoms with E-state index in [0.29, 0.717) is 0 Å². The number of hydrogen-bond donors (Lipinski definition) is 1. The summed E-state index contributed by atoms with van der Waals surface area (Å²) in [5, 5.41) is 0.210. The molecule has 164 valence electrons. The summed E-state index contributed by atoms with van der Waals surface area (Å²) in [6.45, 7) is 5.67. The van der Waals surface area contributed by atoms with Crippen LogP contribution in [0.3, 0.4) is 0 Å². The lowest BCUT2D eigenvalue weighted by Gasteiger charge is -2.39. The summed E-state index contributed by atoms with van der Waals surface area (Å²) in [5.41, 5.74) is 1.37. The van der Waals surface area contributed by atoms with Gasteiger partial charge in [-0.3, -0.25) is 4.90 Å². The average Bonchev–Trinajstić information content (AvgIpc) is 2.75. The molecule has 6 nitrogen and oxygen atoms in total. The van der Waals surface area contributed by atoms with E-state index in [1.54, 1.807) is 6.07 Å². The van der Waals surface area contributed by atoms with Crippen LogP contribution in [0.15, 0.2) is 48.5 Å². The van der Waals surface area contributed by atoms with Gasteiger partial charge in [0.1, 0.15) is 5.82 Å². The molecule has 1 fully saturated rings. The van der Waals surface area contributed by atoms with Crippen molar-refractivity contribution >= 4 is 27.5 Å². The number of para-hydroxylation sites is 1. The molecule has 0 saturated carbocycles. The molecule has 3 rings (SSSR count). The molecule has 2 aromatic rings. The highest BCUT2D eigenvalue weighted by molar-refractivity contribution is 7.87. The summed E-state index contributed by atoms with van der Waals surface area (Å²) < 4.78 is 42.9. The van der Waals surface area contributed by atoms with Crippen LogP contribution in [-0.2, 0) is 16.8 Å². The Morgan fingerprint density at radius 3 is 2.40 bits per heavy atom. The van der Waals surface area contributed by atoms with Gasteiger partial charge in [0.2, 0.25) is 0 Å². The molecule has 2 aromatic carbocycles. The first-order valence-electron chi connectivity index (χ1n) is 9.96. The topological polar surface area (TPSA) is 55.9 Å². The molecule has 30 heavy (non-hydrogen) atoms. The maximum atomic E-state index is 14.0. The van der Waals surface area contributed by atoms with Crippen LogP contribution in [0.1, 0.15) is 12.5 Å². The molecule has 1 atom stereocenters. The highest BCUT2D eigenvalue weighted by Crippen LogP contribution is 2.21. The van der Waals surface area contributed by atoms with E-state index >= 15 is 0 Å². The highest BCUT2D eigenvalue weighted by Gasteiger charge is 2.25. The van der Waals surface area contributed by atoms with E-state index in [-0.39, 0.29) is 29.7 Å². The van der Waals surface area contributed by atoms with Gasteiger partial charge < -0.3 is 4.90 Å². The van der Waals surface area contributed by atoms with Crippen molar-refractivity contribution in [3.8, 4) is 0 Å². The first kappa shape index (κ1) is 23.0. The van der Waals surface area contributed by atoms with E-state index in [1.165, 1.54) is 24.9 Å². The van der Waals surface area contributed by atoms with Crippen LogP contribution < -0.4 is 9.62 Å². The molecule has 0 spiro atoms. The van der Waals surface area contributed by atoms with Gasteiger partial charge in [0.25, 0.3) is 10.2 Å². The molecule has 0 amide bonds. The summed E-state index contributed by atoms with van der Waals surface area (Å²) in [5.74, 6) is -0.519. The highest BCUT2D eigenvalue weighted by atomic mass is 35.5. The van der Waals surface area contributed by atoms with Gasteiger partial charge in [-0.2, -0.15) is 12.7 Å². The zero-order chi connectivity index (χ0) is 21.7. The van der Waals surface area contributed by atoms with Crippen molar-refractivity contribution in [1.82, 2.24) is 13.9 Å². The smallest absolute Gasteiger partial charge is 0.279 e. The number of piperazine rings is 1. The maximum Gasteiger partial charge on any atom is 0.279 e. The fraction of sp³-hybridized carbons (Fsp3) is 0.429. The number of halogens is 2. The Hall–Kier alpha value is -1.71. The van der Waals surface area contributed by atoms with E-state index in [4.69, 9.17) is 11.6 Å². The van der Waals surface area contributed by atoms with Crippen LogP contribution in [0.25, 0.3) is 0 Å². The third-order valence-corrected chi connectivity index (χ3v) is 7.31. The lowest BCUT2D eigenvalue weighted by molar-refractivity contribution is 0.197. The van der Waals surface area contributed by atoms with Crippen molar-refractivity contribution in [2.24, 2.45) is 0 Å². The Morgan fingerprint density at radius 1 is 1.10 bits per heavy atom. The number of nitrogens with zero attached hydrogens (tertiary/aromatic N) is 3. The molecule has 1 saturated heterocycles. The van der Waals surface area contributed by atoms with Gasteiger partial charge in [-0.25, -0.2) is 9.11 Å². The Morgan fingerprint density at radius 2 is 1.77 bits per heavy atom. The largest absolute Gasteiger partial charge is 0.369 e. The van der Waals surface area contributed by atoms with Gasteiger partial charge in [-0.15, -0.1) is 0 Å². The molecule has 1 N–H and O–H groups in total. The third-order valence-electron chi connectivity index (χ3n) is 5.47. The van der Waals surface area contributed by atoms with Crippen LogP contribution in [0, 0.1) is 5.82 Å². The quantitative estimate of drug-likeness (QED) is 0.666. The second-order valence-corrected chi connectivity index (χ2v) is 9.79. The average molecular weight is 455 g/mol. The van der Waals surface area contributed by atoms with Crippen LogP contribution in [-0.4, -0.2) is 63.4 Å². The van der Waals surface area contributed by atoms with Crippen molar-refractivity contribution in [3.05, 3.63) is 64.9 Å². The normalized spacial score (nSPS) is 16.8. The van der Waals surface area contributed by atoms with Crippen molar-refractivity contribution in [2.75, 3.05) is 44.7 Å². The zero-order valence-electron chi connectivity index (χ0n) is 17.3. The van der Waals surface area contributed by atoms with Gasteiger partial charge in [0.05, 0.1) is 0 Å². The third kappa shape index (κ3) is 5.70. The maximum absolute atomic E-state index is 14.0. The van der Waals surface area contributed by atoms with Crippen LogP contribution in [0.2, 0.25) is 5.02 Å². The standard InChI is InChI=1S/C21H28ClFN4O2S/c1-17(26-11-13-27(14-12-26)18-7-4-3-5-8-18)15-24-30(28,29)25(2)16-19-20(22)9-6-10-21(19)23/h3-10,17,24H,11-16H2,1-2H3. The monoisotopic (exact) mass is 454 g/mol. The number of rotatable bonds is 8. The molecular formula is C21H28ClFN4O2S. The van der Waals surface area contributed by atoms with Crippen molar-refractivity contribution < 1.29 is 12.8 Å². The minimum Gasteiger partial charge on any atom is -0.369 e. The van der Waals surface area contributed by atoms with Crippen molar-refractivity contribution in [2.45, 2.75) is 19.5 Å². The zero-order valence-corrected chi connectivity index (χ0v) is 18.8. The fourth-order valence-corrected chi connectivity index (χ4v) is 4.71. The van der Waals surface area contributed by atoms with Crippen LogP contribution in [0.4, 0.5) is 10.1 Å². The van der Waals surface area contributed by atoms with Crippen LogP contribution >= 0.6 is 11.6 Å². The molecule has 0 bridgehead atoms. The molecule has 9 heteroatoms. The molecule has 1 heterocycles. The van der Waals surface area contributed by atoms with Gasteiger partial charge in [-0.1, -0.05) is 35.9 Å². The second-order valence-electron chi connectivity index (χ2n) is 7.52. The minimum atomic E-state index is -3.76. The SMILES string of the molecule is CC(CNS(=O)(=O)N(C)Cc1c(F)cccc1Cl)N1CCN(c2ccccc2)CC1. The molecule has 1 aliphatic heterocycles. The van der Waals surface area contributed by atoms with E-state index in [9.17, 15) is 12.8 Å². The Balaban J connectivity index is 1.50. The Kier molecular flexibility index (Phi) is 7.70. The van der Waals surface area contributed by atoms with Gasteiger partial charge in [0.15, 0.2) is 0 Å². The van der Waals surface area contributed by atoms with E-state index in [1.807, 2.05) is 25.1 Å². The lowest BCUT2D eigenvalue weighted by Crippen LogP contribution is -2.53. The minimum absolute atomic E-state index is 0.0446. The second kappa shape index (κ2) is 10.1. The van der Waals surface area contributed by atoms with Crippen LogP contribution in [0.5, 0.6) is 0 Å². The fourth-order valence-electron chi connectivity index (χ4n) is 3.52. The predicted octanol–water partition coefficient (Wildman–Crippen LogP) is 2.96. The van der Waals surface area contributed by atoms with E-state index in [0.717, 1.165) is 30.5 Å². The summed E-state index contributed by atoms with van der Waals surface area (Å²) in [4.78, 5) is 4.61. The summed E-state index contributed by atoms with van der Waals surface area (Å²) in [6, 6.07) is 14.6. The molecule has 0 aliphatic carbocycles. The Bertz CT molecular complexity index is 917.